The first kappa shape index (κ1) is 15.5. The van der Waals surface area contributed by atoms with Crippen molar-refractivity contribution in [1.82, 2.24) is 19.7 Å². The van der Waals surface area contributed by atoms with E-state index in [1.165, 1.54) is 23.3 Å². The van der Waals surface area contributed by atoms with Crippen molar-refractivity contribution >= 4 is 22.6 Å². The quantitative estimate of drug-likeness (QED) is 0.618. The summed E-state index contributed by atoms with van der Waals surface area (Å²) >= 11 is 0. The van der Waals surface area contributed by atoms with Crippen LogP contribution in [0.5, 0.6) is 0 Å². The molecule has 0 fully saturated rings. The molecular weight excluding hydrogens is 328 g/mol. The SMILES string of the molecule is N#Cc1cnn(-c2ccc3ccccc3n2)c1NC(=O)c1ccncc1. The molecule has 0 saturated carbocycles. The zero-order valence-electron chi connectivity index (χ0n) is 13.5. The second kappa shape index (κ2) is 6.45. The lowest BCUT2D eigenvalue weighted by Crippen LogP contribution is -2.16. The Bertz CT molecular complexity index is 1140. The monoisotopic (exact) mass is 340 g/mol. The van der Waals surface area contributed by atoms with Gasteiger partial charge >= 0.3 is 0 Å². The molecule has 1 N–H and O–H groups in total. The third kappa shape index (κ3) is 2.76. The highest BCUT2D eigenvalue weighted by atomic mass is 16.1. The molecule has 0 aliphatic rings. The van der Waals surface area contributed by atoms with Gasteiger partial charge in [-0.25, -0.2) is 4.98 Å². The molecule has 4 aromatic rings. The zero-order chi connectivity index (χ0) is 17.9. The second-order valence-electron chi connectivity index (χ2n) is 5.48. The summed E-state index contributed by atoms with van der Waals surface area (Å²) in [4.78, 5) is 20.9. The molecule has 0 radical (unpaired) electrons. The molecule has 26 heavy (non-hydrogen) atoms. The van der Waals surface area contributed by atoms with Crippen molar-refractivity contribution in [2.24, 2.45) is 0 Å². The number of carbonyl (C=O) groups is 1. The van der Waals surface area contributed by atoms with E-state index < -0.39 is 0 Å². The minimum Gasteiger partial charge on any atom is -0.305 e. The van der Waals surface area contributed by atoms with E-state index in [-0.39, 0.29) is 17.3 Å². The van der Waals surface area contributed by atoms with Crippen LogP contribution in [-0.4, -0.2) is 25.7 Å². The van der Waals surface area contributed by atoms with Gasteiger partial charge in [0.05, 0.1) is 11.7 Å². The van der Waals surface area contributed by atoms with Crippen molar-refractivity contribution in [2.45, 2.75) is 0 Å². The van der Waals surface area contributed by atoms with Gasteiger partial charge in [0.15, 0.2) is 11.6 Å². The first-order valence-corrected chi connectivity index (χ1v) is 7.82. The van der Waals surface area contributed by atoms with Crippen LogP contribution >= 0.6 is 0 Å². The number of amides is 1. The molecule has 3 aromatic heterocycles. The predicted octanol–water partition coefficient (Wildman–Crippen LogP) is 2.94. The van der Waals surface area contributed by atoms with E-state index in [0.717, 1.165) is 10.9 Å². The molecule has 3 heterocycles. The fourth-order valence-electron chi connectivity index (χ4n) is 2.58. The number of hydrogen-bond acceptors (Lipinski definition) is 5. The number of para-hydroxylation sites is 1. The summed E-state index contributed by atoms with van der Waals surface area (Å²) in [6.45, 7) is 0. The van der Waals surface area contributed by atoms with Gasteiger partial charge in [-0.15, -0.1) is 0 Å². The van der Waals surface area contributed by atoms with Gasteiger partial charge in [0.25, 0.3) is 5.91 Å². The van der Waals surface area contributed by atoms with Crippen molar-refractivity contribution in [3.8, 4) is 11.9 Å². The molecule has 4 rings (SSSR count). The van der Waals surface area contributed by atoms with Crippen molar-refractivity contribution in [3.05, 3.63) is 78.2 Å². The van der Waals surface area contributed by atoms with Gasteiger partial charge < -0.3 is 5.32 Å². The first-order chi connectivity index (χ1) is 12.8. The van der Waals surface area contributed by atoms with Gasteiger partial charge in [-0.2, -0.15) is 15.0 Å². The number of hydrogen-bond donors (Lipinski definition) is 1. The molecule has 0 unspecified atom stereocenters. The highest BCUT2D eigenvalue weighted by molar-refractivity contribution is 6.04. The summed E-state index contributed by atoms with van der Waals surface area (Å²) in [7, 11) is 0. The third-order valence-electron chi connectivity index (χ3n) is 3.86. The number of rotatable bonds is 3. The molecule has 124 valence electrons. The van der Waals surface area contributed by atoms with Gasteiger partial charge in [0.2, 0.25) is 0 Å². The molecule has 0 atom stereocenters. The van der Waals surface area contributed by atoms with Crippen molar-refractivity contribution in [3.63, 3.8) is 0 Å². The maximum Gasteiger partial charge on any atom is 0.256 e. The summed E-state index contributed by atoms with van der Waals surface area (Å²) in [6, 6.07) is 16.6. The lowest BCUT2D eigenvalue weighted by molar-refractivity contribution is 0.102. The van der Waals surface area contributed by atoms with Crippen LogP contribution in [0.25, 0.3) is 16.7 Å². The molecule has 1 amide bonds. The van der Waals surface area contributed by atoms with Gasteiger partial charge in [0.1, 0.15) is 11.6 Å². The smallest absolute Gasteiger partial charge is 0.256 e. The van der Waals surface area contributed by atoms with Gasteiger partial charge in [-0.05, 0) is 30.3 Å². The van der Waals surface area contributed by atoms with E-state index in [1.807, 2.05) is 36.4 Å². The number of benzene rings is 1. The molecular formula is C19H12N6O. The molecule has 7 nitrogen and oxygen atoms in total. The lowest BCUT2D eigenvalue weighted by atomic mass is 10.2. The number of anilines is 1. The summed E-state index contributed by atoms with van der Waals surface area (Å²) in [5.41, 5.74) is 1.48. The van der Waals surface area contributed by atoms with E-state index in [4.69, 9.17) is 0 Å². The number of pyridine rings is 2. The molecule has 1 aromatic carbocycles. The predicted molar refractivity (Wildman–Crippen MR) is 95.8 cm³/mol. The minimum absolute atomic E-state index is 0.252. The standard InChI is InChI=1S/C19H12N6O/c20-11-15-12-22-25(17-6-5-13-3-1-2-4-16(13)23-17)18(15)24-19(26)14-7-9-21-10-8-14/h1-10,12H,(H,24,26). The van der Waals surface area contributed by atoms with E-state index in [2.05, 4.69) is 20.4 Å². The van der Waals surface area contributed by atoms with Crippen LogP contribution in [0.3, 0.4) is 0 Å². The summed E-state index contributed by atoms with van der Waals surface area (Å²) in [5.74, 6) is 0.429. The van der Waals surface area contributed by atoms with Crippen molar-refractivity contribution in [1.29, 1.82) is 5.26 Å². The van der Waals surface area contributed by atoms with Crippen molar-refractivity contribution in [2.75, 3.05) is 5.32 Å². The van der Waals surface area contributed by atoms with Crippen LogP contribution in [0.1, 0.15) is 15.9 Å². The minimum atomic E-state index is -0.355. The Balaban J connectivity index is 1.76. The molecule has 0 saturated heterocycles. The Morgan fingerprint density at radius 3 is 2.69 bits per heavy atom. The number of carbonyl (C=O) groups excluding carboxylic acids is 1. The average Bonchev–Trinajstić information content (AvgIpc) is 3.10. The molecule has 7 heteroatoms. The Labute approximate surface area is 148 Å². The average molecular weight is 340 g/mol. The van der Waals surface area contributed by atoms with E-state index in [9.17, 15) is 10.1 Å². The molecule has 0 spiro atoms. The Morgan fingerprint density at radius 1 is 1.08 bits per heavy atom. The van der Waals surface area contributed by atoms with Crippen molar-refractivity contribution < 1.29 is 4.79 Å². The summed E-state index contributed by atoms with van der Waals surface area (Å²) in [6.07, 6.45) is 4.46. The van der Waals surface area contributed by atoms with Crippen LogP contribution in [0.4, 0.5) is 5.82 Å². The number of nitriles is 1. The Morgan fingerprint density at radius 2 is 1.88 bits per heavy atom. The maximum absolute atomic E-state index is 12.5. The fraction of sp³-hybridized carbons (Fsp3) is 0. The molecule has 0 aliphatic carbocycles. The fourth-order valence-corrected chi connectivity index (χ4v) is 2.58. The van der Waals surface area contributed by atoms with Crippen LogP contribution in [0.2, 0.25) is 0 Å². The Hall–Kier alpha value is -4.05. The second-order valence-corrected chi connectivity index (χ2v) is 5.48. The normalized spacial score (nSPS) is 10.4. The van der Waals surface area contributed by atoms with Gasteiger partial charge in [-0.3, -0.25) is 9.78 Å². The molecule has 0 bridgehead atoms. The zero-order valence-corrected chi connectivity index (χ0v) is 13.5. The van der Waals surface area contributed by atoms with Crippen LogP contribution < -0.4 is 5.32 Å². The lowest BCUT2D eigenvalue weighted by Gasteiger charge is -2.09. The van der Waals surface area contributed by atoms with Gasteiger partial charge in [0, 0.05) is 23.3 Å². The number of nitrogens with zero attached hydrogens (tertiary/aromatic N) is 5. The van der Waals surface area contributed by atoms with E-state index in [1.54, 1.807) is 18.2 Å². The topological polar surface area (TPSA) is 96.5 Å². The van der Waals surface area contributed by atoms with Crippen LogP contribution in [-0.2, 0) is 0 Å². The Kier molecular flexibility index (Phi) is 3.84. The summed E-state index contributed by atoms with van der Waals surface area (Å²) < 4.78 is 1.45. The van der Waals surface area contributed by atoms with Crippen LogP contribution in [0, 0.1) is 11.3 Å². The van der Waals surface area contributed by atoms with E-state index >= 15 is 0 Å². The number of aromatic nitrogens is 4. The highest BCUT2D eigenvalue weighted by Crippen LogP contribution is 2.21. The first-order valence-electron chi connectivity index (χ1n) is 7.82. The third-order valence-corrected chi connectivity index (χ3v) is 3.86. The highest BCUT2D eigenvalue weighted by Gasteiger charge is 2.17. The van der Waals surface area contributed by atoms with Crippen LogP contribution in [0.15, 0.2) is 67.1 Å². The number of fused-ring (bicyclic) bond motifs is 1. The maximum atomic E-state index is 12.5. The largest absolute Gasteiger partial charge is 0.305 e. The number of nitrogens with one attached hydrogen (secondary N) is 1. The summed E-state index contributed by atoms with van der Waals surface area (Å²) in [5, 5.41) is 17.3. The van der Waals surface area contributed by atoms with E-state index in [0.29, 0.717) is 11.4 Å². The molecule has 0 aliphatic heterocycles. The van der Waals surface area contributed by atoms with Gasteiger partial charge in [-0.1, -0.05) is 18.2 Å².